The van der Waals surface area contributed by atoms with Gasteiger partial charge in [0.25, 0.3) is 0 Å². The standard InChI is InChI=1S/C13H19N/c1-11-9-10-14-13(11)8-7-12-5-3-2-4-6-12/h2-6,11,13-14H,7-10H2,1H3. The van der Waals surface area contributed by atoms with Crippen molar-refractivity contribution in [2.45, 2.75) is 32.2 Å². The highest BCUT2D eigenvalue weighted by Crippen LogP contribution is 2.18. The van der Waals surface area contributed by atoms with E-state index in [0.29, 0.717) is 0 Å². The third kappa shape index (κ3) is 2.36. The van der Waals surface area contributed by atoms with Gasteiger partial charge in [-0.2, -0.15) is 0 Å². The maximum absolute atomic E-state index is 3.58. The molecule has 76 valence electrons. The van der Waals surface area contributed by atoms with E-state index in [2.05, 4.69) is 42.6 Å². The molecule has 2 unspecified atom stereocenters. The second kappa shape index (κ2) is 4.61. The van der Waals surface area contributed by atoms with Gasteiger partial charge in [-0.25, -0.2) is 0 Å². The molecule has 0 amide bonds. The summed E-state index contributed by atoms with van der Waals surface area (Å²) in [7, 11) is 0. The molecule has 2 atom stereocenters. The van der Waals surface area contributed by atoms with Gasteiger partial charge in [0.15, 0.2) is 0 Å². The Hall–Kier alpha value is -0.820. The monoisotopic (exact) mass is 189 g/mol. The SMILES string of the molecule is CC1CCNC1CCc1ccccc1. The lowest BCUT2D eigenvalue weighted by Crippen LogP contribution is -2.26. The predicted molar refractivity (Wildman–Crippen MR) is 60.3 cm³/mol. The summed E-state index contributed by atoms with van der Waals surface area (Å²) >= 11 is 0. The number of hydrogen-bond acceptors (Lipinski definition) is 1. The van der Waals surface area contributed by atoms with Crippen LogP contribution in [0.25, 0.3) is 0 Å². The van der Waals surface area contributed by atoms with E-state index in [4.69, 9.17) is 0 Å². The Morgan fingerprint density at radius 1 is 1.29 bits per heavy atom. The highest BCUT2D eigenvalue weighted by molar-refractivity contribution is 5.14. The Morgan fingerprint density at radius 2 is 2.07 bits per heavy atom. The van der Waals surface area contributed by atoms with Crippen molar-refractivity contribution >= 4 is 0 Å². The van der Waals surface area contributed by atoms with Crippen LogP contribution < -0.4 is 5.32 Å². The van der Waals surface area contributed by atoms with E-state index in [-0.39, 0.29) is 0 Å². The molecule has 1 aliphatic rings. The summed E-state index contributed by atoms with van der Waals surface area (Å²) in [4.78, 5) is 0. The molecule has 14 heavy (non-hydrogen) atoms. The summed E-state index contributed by atoms with van der Waals surface area (Å²) in [5, 5.41) is 3.58. The van der Waals surface area contributed by atoms with Crippen molar-refractivity contribution in [2.75, 3.05) is 6.54 Å². The lowest BCUT2D eigenvalue weighted by molar-refractivity contribution is 0.453. The van der Waals surface area contributed by atoms with Gasteiger partial charge in [-0.15, -0.1) is 0 Å². The van der Waals surface area contributed by atoms with Gasteiger partial charge in [-0.3, -0.25) is 0 Å². The van der Waals surface area contributed by atoms with Crippen LogP contribution in [0.1, 0.15) is 25.3 Å². The number of aryl methyl sites for hydroxylation is 1. The smallest absolute Gasteiger partial charge is 0.00963 e. The second-order valence-corrected chi connectivity index (χ2v) is 4.35. The van der Waals surface area contributed by atoms with E-state index in [9.17, 15) is 0 Å². The van der Waals surface area contributed by atoms with E-state index >= 15 is 0 Å². The first-order valence-corrected chi connectivity index (χ1v) is 5.63. The van der Waals surface area contributed by atoms with Gasteiger partial charge in [0.1, 0.15) is 0 Å². The topological polar surface area (TPSA) is 12.0 Å². The van der Waals surface area contributed by atoms with Crippen LogP contribution in [0.5, 0.6) is 0 Å². The molecule has 1 heterocycles. The first-order chi connectivity index (χ1) is 6.86. The molecular weight excluding hydrogens is 170 g/mol. The third-order valence-electron chi connectivity index (χ3n) is 3.28. The van der Waals surface area contributed by atoms with Crippen molar-refractivity contribution in [3.05, 3.63) is 35.9 Å². The van der Waals surface area contributed by atoms with Crippen molar-refractivity contribution in [1.82, 2.24) is 5.32 Å². The molecule has 1 N–H and O–H groups in total. The van der Waals surface area contributed by atoms with Gasteiger partial charge in [0, 0.05) is 6.04 Å². The van der Waals surface area contributed by atoms with E-state index in [1.165, 1.54) is 31.4 Å². The van der Waals surface area contributed by atoms with Gasteiger partial charge < -0.3 is 5.32 Å². The molecule has 1 aliphatic heterocycles. The number of nitrogens with one attached hydrogen (secondary N) is 1. The molecule has 1 aromatic carbocycles. The van der Waals surface area contributed by atoms with Gasteiger partial charge in [-0.05, 0) is 37.3 Å². The van der Waals surface area contributed by atoms with Crippen molar-refractivity contribution in [3.8, 4) is 0 Å². The number of benzene rings is 1. The van der Waals surface area contributed by atoms with Crippen molar-refractivity contribution in [3.63, 3.8) is 0 Å². The average Bonchev–Trinajstić information content (AvgIpc) is 2.63. The van der Waals surface area contributed by atoms with Crippen LogP contribution in [0, 0.1) is 5.92 Å². The maximum atomic E-state index is 3.58. The van der Waals surface area contributed by atoms with Gasteiger partial charge >= 0.3 is 0 Å². The van der Waals surface area contributed by atoms with Crippen LogP contribution in [-0.2, 0) is 6.42 Å². The van der Waals surface area contributed by atoms with Crippen molar-refractivity contribution in [2.24, 2.45) is 5.92 Å². The van der Waals surface area contributed by atoms with Crippen LogP contribution in [0.3, 0.4) is 0 Å². The molecule has 0 bridgehead atoms. The van der Waals surface area contributed by atoms with Crippen molar-refractivity contribution in [1.29, 1.82) is 0 Å². The van der Waals surface area contributed by atoms with E-state index in [0.717, 1.165) is 12.0 Å². The lowest BCUT2D eigenvalue weighted by atomic mass is 9.97. The Kier molecular flexibility index (Phi) is 3.20. The Bertz CT molecular complexity index is 268. The molecular formula is C13H19N. The normalized spacial score (nSPS) is 26.6. The second-order valence-electron chi connectivity index (χ2n) is 4.35. The van der Waals surface area contributed by atoms with Crippen LogP contribution in [0.4, 0.5) is 0 Å². The van der Waals surface area contributed by atoms with E-state index in [1.54, 1.807) is 0 Å². The summed E-state index contributed by atoms with van der Waals surface area (Å²) in [5.74, 6) is 0.860. The summed E-state index contributed by atoms with van der Waals surface area (Å²) in [6, 6.07) is 11.5. The summed E-state index contributed by atoms with van der Waals surface area (Å²) < 4.78 is 0. The summed E-state index contributed by atoms with van der Waals surface area (Å²) in [5.41, 5.74) is 1.47. The average molecular weight is 189 g/mol. The first-order valence-electron chi connectivity index (χ1n) is 5.63. The van der Waals surface area contributed by atoms with Crippen LogP contribution in [-0.4, -0.2) is 12.6 Å². The first kappa shape index (κ1) is 9.72. The fourth-order valence-electron chi connectivity index (χ4n) is 2.25. The quantitative estimate of drug-likeness (QED) is 0.770. The maximum Gasteiger partial charge on any atom is 0.00963 e. The number of hydrogen-bond donors (Lipinski definition) is 1. The Balaban J connectivity index is 1.82. The molecule has 1 saturated heterocycles. The van der Waals surface area contributed by atoms with E-state index in [1.807, 2.05) is 0 Å². The Labute approximate surface area is 86.5 Å². The molecule has 0 spiro atoms. The zero-order chi connectivity index (χ0) is 9.80. The van der Waals surface area contributed by atoms with Gasteiger partial charge in [0.2, 0.25) is 0 Å². The summed E-state index contributed by atoms with van der Waals surface area (Å²) in [6.45, 7) is 3.57. The molecule has 0 aliphatic carbocycles. The minimum absolute atomic E-state index is 0.746. The highest BCUT2D eigenvalue weighted by atomic mass is 14.9. The number of rotatable bonds is 3. The van der Waals surface area contributed by atoms with Crippen LogP contribution in [0.2, 0.25) is 0 Å². The highest BCUT2D eigenvalue weighted by Gasteiger charge is 2.21. The van der Waals surface area contributed by atoms with Crippen LogP contribution >= 0.6 is 0 Å². The van der Waals surface area contributed by atoms with Gasteiger partial charge in [-0.1, -0.05) is 37.3 Å². The minimum atomic E-state index is 0.746. The molecule has 1 fully saturated rings. The summed E-state index contributed by atoms with van der Waals surface area (Å²) in [6.07, 6.45) is 3.84. The zero-order valence-corrected chi connectivity index (χ0v) is 8.87. The fraction of sp³-hybridized carbons (Fsp3) is 0.538. The lowest BCUT2D eigenvalue weighted by Gasteiger charge is -2.15. The van der Waals surface area contributed by atoms with Crippen LogP contribution in [0.15, 0.2) is 30.3 Å². The molecule has 0 aromatic heterocycles. The largest absolute Gasteiger partial charge is 0.314 e. The zero-order valence-electron chi connectivity index (χ0n) is 8.87. The molecule has 2 rings (SSSR count). The molecule has 1 nitrogen and oxygen atoms in total. The molecule has 1 aromatic rings. The predicted octanol–water partition coefficient (Wildman–Crippen LogP) is 2.62. The van der Waals surface area contributed by atoms with Crippen molar-refractivity contribution < 1.29 is 0 Å². The fourth-order valence-corrected chi connectivity index (χ4v) is 2.25. The van der Waals surface area contributed by atoms with Gasteiger partial charge in [0.05, 0.1) is 0 Å². The van der Waals surface area contributed by atoms with E-state index < -0.39 is 0 Å². The molecule has 1 heteroatoms. The minimum Gasteiger partial charge on any atom is -0.314 e. The third-order valence-corrected chi connectivity index (χ3v) is 3.28. The molecule has 0 radical (unpaired) electrons. The Morgan fingerprint density at radius 3 is 2.71 bits per heavy atom. The molecule has 0 saturated carbocycles.